The largest absolute Gasteiger partial charge is 0.333 e. The lowest BCUT2D eigenvalue weighted by Gasteiger charge is -2.39. The van der Waals surface area contributed by atoms with Gasteiger partial charge in [0.15, 0.2) is 0 Å². The van der Waals surface area contributed by atoms with E-state index in [9.17, 15) is 14.0 Å². The fraction of sp³-hybridized carbons (Fsp3) is 0.467. The molecule has 2 fully saturated rings. The number of halogens is 1. The Labute approximate surface area is 122 Å². The maximum Gasteiger partial charge on any atom is 0.324 e. The molecule has 0 aromatic heterocycles. The summed E-state index contributed by atoms with van der Waals surface area (Å²) in [5.41, 5.74) is 0.414. The zero-order chi connectivity index (χ0) is 14.8. The fourth-order valence-electron chi connectivity index (χ4n) is 3.02. The van der Waals surface area contributed by atoms with Crippen molar-refractivity contribution < 1.29 is 14.0 Å². The van der Waals surface area contributed by atoms with Crippen molar-refractivity contribution >= 4 is 11.9 Å². The number of fused-ring (bicyclic) bond motifs is 2. The number of carbonyl (C=O) groups excluding carboxylic acids is 2. The molecule has 2 heterocycles. The van der Waals surface area contributed by atoms with Gasteiger partial charge in [-0.05, 0) is 24.9 Å². The molecular formula is C15H18FN3O2. The molecule has 0 radical (unpaired) electrons. The molecule has 1 aromatic carbocycles. The summed E-state index contributed by atoms with van der Waals surface area (Å²) in [7, 11) is 0. The van der Waals surface area contributed by atoms with E-state index in [0.717, 1.165) is 13.0 Å². The first-order valence-corrected chi connectivity index (χ1v) is 7.18. The number of hydrogen-bond donors (Lipinski definition) is 2. The Kier molecular flexibility index (Phi) is 3.88. The Balaban J connectivity index is 1.63. The molecule has 2 aliphatic heterocycles. The molecule has 2 N–H and O–H groups in total. The van der Waals surface area contributed by atoms with Crippen LogP contribution in [-0.2, 0) is 11.3 Å². The van der Waals surface area contributed by atoms with Gasteiger partial charge in [0.2, 0.25) is 5.91 Å². The third kappa shape index (κ3) is 2.90. The maximum absolute atomic E-state index is 13.5. The fourth-order valence-corrected chi connectivity index (χ4v) is 3.02. The summed E-state index contributed by atoms with van der Waals surface area (Å²) < 4.78 is 13.5. The molecule has 3 amide bonds. The van der Waals surface area contributed by atoms with E-state index in [1.807, 2.05) is 0 Å². The molecule has 2 bridgehead atoms. The summed E-state index contributed by atoms with van der Waals surface area (Å²) in [6.07, 6.45) is 0.850. The van der Waals surface area contributed by atoms with E-state index in [0.29, 0.717) is 24.6 Å². The molecule has 21 heavy (non-hydrogen) atoms. The maximum atomic E-state index is 13.5. The summed E-state index contributed by atoms with van der Waals surface area (Å²) in [5.74, 6) is -0.286. The number of rotatable bonds is 2. The van der Waals surface area contributed by atoms with Crippen LogP contribution in [0.5, 0.6) is 0 Å². The molecule has 2 saturated heterocycles. The Morgan fingerprint density at radius 3 is 3.00 bits per heavy atom. The summed E-state index contributed by atoms with van der Waals surface area (Å²) in [4.78, 5) is 25.7. The van der Waals surface area contributed by atoms with Gasteiger partial charge in [0, 0.05) is 25.2 Å². The SMILES string of the molecule is O=C(NCc1ccccc1F)N1CC2CNCC(C2)C1=O. The van der Waals surface area contributed by atoms with E-state index < -0.39 is 6.03 Å². The minimum Gasteiger partial charge on any atom is -0.333 e. The first-order valence-electron chi connectivity index (χ1n) is 7.18. The number of carbonyl (C=O) groups is 2. The molecule has 2 aliphatic rings. The highest BCUT2D eigenvalue weighted by Gasteiger charge is 2.39. The molecule has 0 spiro atoms. The van der Waals surface area contributed by atoms with E-state index in [1.165, 1.54) is 11.0 Å². The number of hydrogen-bond acceptors (Lipinski definition) is 3. The van der Waals surface area contributed by atoms with Crippen LogP contribution in [-0.4, -0.2) is 36.5 Å². The average Bonchev–Trinajstić information content (AvgIpc) is 2.50. The number of imide groups is 1. The third-order valence-electron chi connectivity index (χ3n) is 4.13. The number of benzene rings is 1. The van der Waals surface area contributed by atoms with Gasteiger partial charge < -0.3 is 10.6 Å². The molecule has 5 nitrogen and oxygen atoms in total. The van der Waals surface area contributed by atoms with Crippen LogP contribution in [0.25, 0.3) is 0 Å². The van der Waals surface area contributed by atoms with Gasteiger partial charge in [0.25, 0.3) is 0 Å². The highest BCUT2D eigenvalue weighted by Crippen LogP contribution is 2.25. The molecule has 2 unspecified atom stereocenters. The van der Waals surface area contributed by atoms with Crippen LogP contribution in [0.1, 0.15) is 12.0 Å². The van der Waals surface area contributed by atoms with Crippen molar-refractivity contribution in [2.75, 3.05) is 19.6 Å². The van der Waals surface area contributed by atoms with E-state index in [-0.39, 0.29) is 24.2 Å². The summed E-state index contributed by atoms with van der Waals surface area (Å²) in [5, 5.41) is 5.85. The summed E-state index contributed by atoms with van der Waals surface area (Å²) in [6, 6.07) is 5.85. The monoisotopic (exact) mass is 291 g/mol. The quantitative estimate of drug-likeness (QED) is 0.858. The van der Waals surface area contributed by atoms with E-state index in [1.54, 1.807) is 18.2 Å². The van der Waals surface area contributed by atoms with Gasteiger partial charge in [-0.2, -0.15) is 0 Å². The molecule has 2 atom stereocenters. The number of likely N-dealkylation sites (tertiary alicyclic amines) is 1. The second kappa shape index (κ2) is 5.81. The first-order chi connectivity index (χ1) is 10.1. The van der Waals surface area contributed by atoms with Crippen LogP contribution < -0.4 is 10.6 Å². The number of nitrogens with zero attached hydrogens (tertiary/aromatic N) is 1. The minimum absolute atomic E-state index is 0.0862. The van der Waals surface area contributed by atoms with Crippen molar-refractivity contribution in [3.05, 3.63) is 35.6 Å². The van der Waals surface area contributed by atoms with Crippen LogP contribution in [0.3, 0.4) is 0 Å². The smallest absolute Gasteiger partial charge is 0.324 e. The van der Waals surface area contributed by atoms with E-state index in [4.69, 9.17) is 0 Å². The molecule has 1 aromatic rings. The van der Waals surface area contributed by atoms with Crippen LogP contribution in [0, 0.1) is 17.7 Å². The zero-order valence-corrected chi connectivity index (χ0v) is 11.6. The van der Waals surface area contributed by atoms with Crippen molar-refractivity contribution in [1.82, 2.24) is 15.5 Å². The first kappa shape index (κ1) is 14.0. The zero-order valence-electron chi connectivity index (χ0n) is 11.6. The number of amides is 3. The van der Waals surface area contributed by atoms with Gasteiger partial charge in [-0.15, -0.1) is 0 Å². The molecule has 112 valence electrons. The highest BCUT2D eigenvalue weighted by molar-refractivity contribution is 5.96. The lowest BCUT2D eigenvalue weighted by atomic mass is 9.85. The Bertz CT molecular complexity index is 564. The lowest BCUT2D eigenvalue weighted by Crippen LogP contribution is -2.58. The van der Waals surface area contributed by atoms with Crippen molar-refractivity contribution in [3.63, 3.8) is 0 Å². The van der Waals surface area contributed by atoms with Gasteiger partial charge >= 0.3 is 6.03 Å². The third-order valence-corrected chi connectivity index (χ3v) is 4.13. The van der Waals surface area contributed by atoms with Crippen molar-refractivity contribution in [2.45, 2.75) is 13.0 Å². The van der Waals surface area contributed by atoms with Crippen LogP contribution in [0.15, 0.2) is 24.3 Å². The standard InChI is InChI=1S/C15H18FN3O2/c16-13-4-2-1-3-11(13)8-18-15(21)19-9-10-5-12(14(19)20)7-17-6-10/h1-4,10,12,17H,5-9H2,(H,18,21). The normalized spacial score (nSPS) is 24.8. The Morgan fingerprint density at radius 1 is 1.38 bits per heavy atom. The van der Waals surface area contributed by atoms with Crippen LogP contribution in [0.2, 0.25) is 0 Å². The summed E-state index contributed by atoms with van der Waals surface area (Å²) in [6.45, 7) is 1.99. The van der Waals surface area contributed by atoms with Gasteiger partial charge in [0.1, 0.15) is 5.82 Å². The van der Waals surface area contributed by atoms with Crippen LogP contribution in [0.4, 0.5) is 9.18 Å². The number of nitrogens with one attached hydrogen (secondary N) is 2. The Hall–Kier alpha value is -1.95. The van der Waals surface area contributed by atoms with Gasteiger partial charge in [0.05, 0.1) is 5.92 Å². The minimum atomic E-state index is -0.431. The second-order valence-corrected chi connectivity index (χ2v) is 5.66. The van der Waals surface area contributed by atoms with Gasteiger partial charge in [-0.25, -0.2) is 9.18 Å². The predicted octanol–water partition coefficient (Wildman–Crippen LogP) is 1.10. The Morgan fingerprint density at radius 2 is 2.19 bits per heavy atom. The highest BCUT2D eigenvalue weighted by atomic mass is 19.1. The van der Waals surface area contributed by atoms with Crippen molar-refractivity contribution in [3.8, 4) is 0 Å². The van der Waals surface area contributed by atoms with Gasteiger partial charge in [-0.3, -0.25) is 9.69 Å². The lowest BCUT2D eigenvalue weighted by molar-refractivity contribution is -0.137. The average molecular weight is 291 g/mol. The summed E-state index contributed by atoms with van der Waals surface area (Å²) >= 11 is 0. The second-order valence-electron chi connectivity index (χ2n) is 5.66. The number of urea groups is 1. The predicted molar refractivity (Wildman–Crippen MR) is 74.8 cm³/mol. The van der Waals surface area contributed by atoms with Crippen molar-refractivity contribution in [1.29, 1.82) is 0 Å². The molecule has 0 aliphatic carbocycles. The molecular weight excluding hydrogens is 273 g/mol. The van der Waals surface area contributed by atoms with E-state index in [2.05, 4.69) is 10.6 Å². The topological polar surface area (TPSA) is 61.4 Å². The number of piperidine rings is 2. The van der Waals surface area contributed by atoms with E-state index >= 15 is 0 Å². The molecule has 0 saturated carbocycles. The van der Waals surface area contributed by atoms with Crippen molar-refractivity contribution in [2.24, 2.45) is 11.8 Å². The molecule has 6 heteroatoms. The van der Waals surface area contributed by atoms with Gasteiger partial charge in [-0.1, -0.05) is 18.2 Å². The molecule has 3 rings (SSSR count). The van der Waals surface area contributed by atoms with Crippen LogP contribution >= 0.6 is 0 Å².